The molecule has 0 spiro atoms. The lowest BCUT2D eigenvalue weighted by Gasteiger charge is -2.24. The van der Waals surface area contributed by atoms with Gasteiger partial charge >= 0.3 is 0 Å². The van der Waals surface area contributed by atoms with Crippen molar-refractivity contribution in [3.05, 3.63) is 0 Å². The molecule has 0 atom stereocenters. The maximum Gasteiger partial charge on any atom is 0.280 e. The molecule has 0 amide bonds. The summed E-state index contributed by atoms with van der Waals surface area (Å²) in [5.41, 5.74) is 1.57. The summed E-state index contributed by atoms with van der Waals surface area (Å²) in [5, 5.41) is 1.42. The SMILES string of the molecule is CN1CC(F)(F)C(C)(C)N1. The van der Waals surface area contributed by atoms with Gasteiger partial charge in [0.1, 0.15) is 0 Å². The maximum absolute atomic E-state index is 12.9. The van der Waals surface area contributed by atoms with Crippen LogP contribution in [0.5, 0.6) is 0 Å². The monoisotopic (exact) mass is 150 g/mol. The lowest BCUT2D eigenvalue weighted by molar-refractivity contribution is -0.0352. The third-order valence-electron chi connectivity index (χ3n) is 1.82. The third kappa shape index (κ3) is 1.01. The maximum atomic E-state index is 12.9. The van der Waals surface area contributed by atoms with Gasteiger partial charge in [-0.05, 0) is 13.8 Å². The quantitative estimate of drug-likeness (QED) is 0.550. The summed E-state index contributed by atoms with van der Waals surface area (Å²) in [6.07, 6.45) is 0. The van der Waals surface area contributed by atoms with E-state index in [0.29, 0.717) is 0 Å². The van der Waals surface area contributed by atoms with Gasteiger partial charge < -0.3 is 0 Å². The van der Waals surface area contributed by atoms with Crippen LogP contribution in [0.1, 0.15) is 13.8 Å². The number of halogens is 2. The summed E-state index contributed by atoms with van der Waals surface area (Å²) in [6.45, 7) is 2.78. The Hall–Kier alpha value is -0.220. The van der Waals surface area contributed by atoms with E-state index >= 15 is 0 Å². The van der Waals surface area contributed by atoms with Gasteiger partial charge in [-0.3, -0.25) is 0 Å². The Morgan fingerprint density at radius 2 is 1.90 bits per heavy atom. The molecular formula is C6H12F2N2. The van der Waals surface area contributed by atoms with Crippen LogP contribution in [0.4, 0.5) is 8.78 Å². The summed E-state index contributed by atoms with van der Waals surface area (Å²) in [6, 6.07) is 0. The van der Waals surface area contributed by atoms with E-state index in [1.165, 1.54) is 18.9 Å². The van der Waals surface area contributed by atoms with Gasteiger partial charge in [0, 0.05) is 7.05 Å². The summed E-state index contributed by atoms with van der Waals surface area (Å²) in [7, 11) is 1.61. The van der Waals surface area contributed by atoms with Gasteiger partial charge in [-0.15, -0.1) is 0 Å². The molecule has 2 nitrogen and oxygen atoms in total. The van der Waals surface area contributed by atoms with Gasteiger partial charge in [0.05, 0.1) is 12.1 Å². The molecule has 1 aliphatic rings. The Bertz CT molecular complexity index is 129. The highest BCUT2D eigenvalue weighted by Crippen LogP contribution is 2.33. The molecule has 0 saturated carbocycles. The van der Waals surface area contributed by atoms with Crippen molar-refractivity contribution in [1.82, 2.24) is 10.4 Å². The van der Waals surface area contributed by atoms with E-state index in [0.717, 1.165) is 0 Å². The van der Waals surface area contributed by atoms with Crippen molar-refractivity contribution in [1.29, 1.82) is 0 Å². The molecule has 0 aromatic rings. The fourth-order valence-electron chi connectivity index (χ4n) is 1.09. The topological polar surface area (TPSA) is 15.3 Å². The van der Waals surface area contributed by atoms with Gasteiger partial charge in [-0.2, -0.15) is 0 Å². The molecule has 1 rings (SSSR count). The number of rotatable bonds is 0. The van der Waals surface area contributed by atoms with E-state index < -0.39 is 11.5 Å². The molecule has 10 heavy (non-hydrogen) atoms. The standard InChI is InChI=1S/C6H12F2N2/c1-5(2)6(7,8)4-10(3)9-5/h9H,4H2,1-3H3. The van der Waals surface area contributed by atoms with Crippen molar-refractivity contribution in [2.24, 2.45) is 0 Å². The molecule has 0 aliphatic carbocycles. The van der Waals surface area contributed by atoms with E-state index in [2.05, 4.69) is 5.43 Å². The molecule has 1 fully saturated rings. The Morgan fingerprint density at radius 3 is 2.00 bits per heavy atom. The average Bonchev–Trinajstić information content (AvgIpc) is 1.73. The highest BCUT2D eigenvalue weighted by atomic mass is 19.3. The molecule has 0 unspecified atom stereocenters. The molecule has 4 heteroatoms. The predicted molar refractivity (Wildman–Crippen MR) is 34.8 cm³/mol. The fraction of sp³-hybridized carbons (Fsp3) is 1.00. The Morgan fingerprint density at radius 1 is 1.40 bits per heavy atom. The van der Waals surface area contributed by atoms with Crippen LogP contribution in [0.3, 0.4) is 0 Å². The second kappa shape index (κ2) is 1.89. The Kier molecular flexibility index (Phi) is 1.49. The number of hydrogen-bond donors (Lipinski definition) is 1. The van der Waals surface area contributed by atoms with Crippen LogP contribution in [0.25, 0.3) is 0 Å². The van der Waals surface area contributed by atoms with Crippen molar-refractivity contribution in [2.75, 3.05) is 13.6 Å². The fourth-order valence-corrected chi connectivity index (χ4v) is 1.09. The molecular weight excluding hydrogens is 138 g/mol. The van der Waals surface area contributed by atoms with E-state index in [-0.39, 0.29) is 6.54 Å². The number of alkyl halides is 2. The molecule has 1 N–H and O–H groups in total. The van der Waals surface area contributed by atoms with Crippen molar-refractivity contribution >= 4 is 0 Å². The molecule has 1 heterocycles. The molecule has 0 radical (unpaired) electrons. The summed E-state index contributed by atoms with van der Waals surface area (Å²) in [4.78, 5) is 0. The molecule has 1 saturated heterocycles. The summed E-state index contributed by atoms with van der Waals surface area (Å²) in [5.74, 6) is -2.62. The van der Waals surface area contributed by atoms with Gasteiger partial charge in [0.15, 0.2) is 0 Å². The highest BCUT2D eigenvalue weighted by Gasteiger charge is 2.53. The minimum absolute atomic E-state index is 0.208. The highest BCUT2D eigenvalue weighted by molar-refractivity contribution is 4.98. The van der Waals surface area contributed by atoms with Gasteiger partial charge in [-0.1, -0.05) is 0 Å². The van der Waals surface area contributed by atoms with Crippen molar-refractivity contribution in [3.8, 4) is 0 Å². The zero-order valence-corrected chi connectivity index (χ0v) is 6.41. The minimum Gasteiger partial charge on any atom is -0.244 e. The normalized spacial score (nSPS) is 30.9. The lowest BCUT2D eigenvalue weighted by Crippen LogP contribution is -2.47. The number of hydrogen-bond acceptors (Lipinski definition) is 2. The largest absolute Gasteiger partial charge is 0.280 e. The zero-order chi connectivity index (χ0) is 7.99. The smallest absolute Gasteiger partial charge is 0.244 e. The van der Waals surface area contributed by atoms with Crippen LogP contribution in [-0.2, 0) is 0 Å². The second-order valence-corrected chi connectivity index (χ2v) is 3.30. The van der Waals surface area contributed by atoms with Crippen LogP contribution < -0.4 is 5.43 Å². The third-order valence-corrected chi connectivity index (χ3v) is 1.82. The van der Waals surface area contributed by atoms with Crippen molar-refractivity contribution in [3.63, 3.8) is 0 Å². The van der Waals surface area contributed by atoms with Crippen LogP contribution in [0.2, 0.25) is 0 Å². The Labute approximate surface area is 59.2 Å². The van der Waals surface area contributed by atoms with Crippen LogP contribution in [-0.4, -0.2) is 30.1 Å². The molecule has 0 bridgehead atoms. The van der Waals surface area contributed by atoms with Crippen molar-refractivity contribution < 1.29 is 8.78 Å². The van der Waals surface area contributed by atoms with Crippen LogP contribution >= 0.6 is 0 Å². The number of nitrogens with zero attached hydrogens (tertiary/aromatic N) is 1. The van der Waals surface area contributed by atoms with Crippen LogP contribution in [0, 0.1) is 0 Å². The van der Waals surface area contributed by atoms with Crippen molar-refractivity contribution in [2.45, 2.75) is 25.3 Å². The van der Waals surface area contributed by atoms with Gasteiger partial charge in [0.2, 0.25) is 0 Å². The summed E-state index contributed by atoms with van der Waals surface area (Å²) < 4.78 is 25.7. The first kappa shape index (κ1) is 7.88. The zero-order valence-electron chi connectivity index (χ0n) is 6.41. The van der Waals surface area contributed by atoms with Gasteiger partial charge in [0.25, 0.3) is 5.92 Å². The van der Waals surface area contributed by atoms with Gasteiger partial charge in [-0.25, -0.2) is 19.2 Å². The van der Waals surface area contributed by atoms with E-state index in [1.54, 1.807) is 7.05 Å². The van der Waals surface area contributed by atoms with E-state index in [9.17, 15) is 8.78 Å². The first-order chi connectivity index (χ1) is 4.35. The minimum atomic E-state index is -2.62. The first-order valence-electron chi connectivity index (χ1n) is 3.22. The second-order valence-electron chi connectivity index (χ2n) is 3.30. The van der Waals surface area contributed by atoms with E-state index in [4.69, 9.17) is 0 Å². The molecule has 0 aromatic heterocycles. The molecule has 1 aliphatic heterocycles. The molecule has 60 valence electrons. The van der Waals surface area contributed by atoms with E-state index in [1.807, 2.05) is 0 Å². The lowest BCUT2D eigenvalue weighted by atomic mass is 10.00. The first-order valence-corrected chi connectivity index (χ1v) is 3.22. The molecule has 0 aromatic carbocycles. The average molecular weight is 150 g/mol. The number of hydrazine groups is 1. The predicted octanol–water partition coefficient (Wildman–Crippen LogP) is 0.850. The summed E-state index contributed by atoms with van der Waals surface area (Å²) >= 11 is 0. The van der Waals surface area contributed by atoms with Crippen LogP contribution in [0.15, 0.2) is 0 Å². The Balaban J connectivity index is 2.78. The number of nitrogens with one attached hydrogen (secondary N) is 1.